The molecule has 1 atom stereocenters. The number of hydrogen-bond acceptors (Lipinski definition) is 6. The Morgan fingerprint density at radius 3 is 2.21 bits per heavy atom. The molecule has 2 aromatic carbocycles. The molecule has 0 aliphatic heterocycles. The van der Waals surface area contributed by atoms with Crippen LogP contribution in [0.15, 0.2) is 54.6 Å². The van der Waals surface area contributed by atoms with Gasteiger partial charge in [0.25, 0.3) is 0 Å². The van der Waals surface area contributed by atoms with Crippen LogP contribution in [0.5, 0.6) is 5.75 Å². The summed E-state index contributed by atoms with van der Waals surface area (Å²) in [4.78, 5) is 36.4. The number of hydrogen-bond donors (Lipinski definition) is 2. The number of alkyl carbamates (subject to hydrolysis) is 1. The van der Waals surface area contributed by atoms with Crippen molar-refractivity contribution in [2.75, 3.05) is 13.2 Å². The lowest BCUT2D eigenvalue weighted by Gasteiger charge is -2.20. The zero-order chi connectivity index (χ0) is 24.3. The first kappa shape index (κ1) is 25.7. The molecule has 2 rings (SSSR count). The third kappa shape index (κ3) is 10.1. The summed E-state index contributed by atoms with van der Waals surface area (Å²) in [7, 11) is 0. The van der Waals surface area contributed by atoms with E-state index in [0.29, 0.717) is 12.4 Å². The van der Waals surface area contributed by atoms with Gasteiger partial charge in [0.2, 0.25) is 5.91 Å². The standard InChI is InChI=1S/C25H32N2O6/c1-5-31-23(29)21(27-22(28)16-26-24(30)33-25(2,3)4)15-18-11-13-20(14-12-18)32-17-19-9-7-6-8-10-19/h6-14,21H,5,15-17H2,1-4H3,(H,26,30)(H,27,28)/t21-/m0/s1. The number of esters is 1. The van der Waals surface area contributed by atoms with Crippen molar-refractivity contribution >= 4 is 18.0 Å². The van der Waals surface area contributed by atoms with Crippen LogP contribution in [0.3, 0.4) is 0 Å². The topological polar surface area (TPSA) is 103 Å². The predicted octanol–water partition coefficient (Wildman–Crippen LogP) is 3.38. The smallest absolute Gasteiger partial charge is 0.408 e. The van der Waals surface area contributed by atoms with Crippen molar-refractivity contribution in [2.24, 2.45) is 0 Å². The SMILES string of the molecule is CCOC(=O)[C@H](Cc1ccc(OCc2ccccc2)cc1)NC(=O)CNC(=O)OC(C)(C)C. The van der Waals surface area contributed by atoms with Gasteiger partial charge in [0, 0.05) is 6.42 Å². The molecule has 0 aliphatic rings. The molecular formula is C25H32N2O6. The largest absolute Gasteiger partial charge is 0.489 e. The predicted molar refractivity (Wildman–Crippen MR) is 124 cm³/mol. The molecule has 0 saturated carbocycles. The van der Waals surface area contributed by atoms with E-state index < -0.39 is 29.6 Å². The zero-order valence-corrected chi connectivity index (χ0v) is 19.6. The van der Waals surface area contributed by atoms with Crippen molar-refractivity contribution in [3.8, 4) is 5.75 Å². The Bertz CT molecular complexity index is 907. The van der Waals surface area contributed by atoms with Crippen molar-refractivity contribution in [1.82, 2.24) is 10.6 Å². The Labute approximate surface area is 194 Å². The summed E-state index contributed by atoms with van der Waals surface area (Å²) in [6.07, 6.45) is -0.480. The molecule has 2 N–H and O–H groups in total. The Hall–Kier alpha value is -3.55. The molecule has 0 fully saturated rings. The summed E-state index contributed by atoms with van der Waals surface area (Å²) >= 11 is 0. The van der Waals surface area contributed by atoms with Crippen molar-refractivity contribution in [2.45, 2.75) is 52.4 Å². The van der Waals surface area contributed by atoms with Gasteiger partial charge in [0.05, 0.1) is 6.61 Å². The highest BCUT2D eigenvalue weighted by molar-refractivity contribution is 5.87. The van der Waals surface area contributed by atoms with Crippen molar-refractivity contribution < 1.29 is 28.6 Å². The molecular weight excluding hydrogens is 424 g/mol. The summed E-state index contributed by atoms with van der Waals surface area (Å²) in [6, 6.07) is 16.2. The normalized spacial score (nSPS) is 11.8. The van der Waals surface area contributed by atoms with E-state index in [1.165, 1.54) is 0 Å². The number of benzene rings is 2. The zero-order valence-electron chi connectivity index (χ0n) is 19.6. The highest BCUT2D eigenvalue weighted by Crippen LogP contribution is 2.16. The Morgan fingerprint density at radius 2 is 1.61 bits per heavy atom. The van der Waals surface area contributed by atoms with E-state index in [1.807, 2.05) is 54.6 Å². The maximum absolute atomic E-state index is 12.4. The van der Waals surface area contributed by atoms with Gasteiger partial charge in [-0.3, -0.25) is 4.79 Å². The van der Waals surface area contributed by atoms with Gasteiger partial charge < -0.3 is 24.8 Å². The second-order valence-electron chi connectivity index (χ2n) is 8.35. The molecule has 33 heavy (non-hydrogen) atoms. The first-order valence-corrected chi connectivity index (χ1v) is 10.8. The first-order valence-electron chi connectivity index (χ1n) is 10.8. The Balaban J connectivity index is 1.92. The maximum Gasteiger partial charge on any atom is 0.408 e. The quantitative estimate of drug-likeness (QED) is 0.532. The van der Waals surface area contributed by atoms with E-state index in [0.717, 1.165) is 11.1 Å². The van der Waals surface area contributed by atoms with Gasteiger partial charge in [-0.15, -0.1) is 0 Å². The van der Waals surface area contributed by atoms with Crippen LogP contribution in [-0.2, 0) is 32.1 Å². The minimum atomic E-state index is -0.894. The summed E-state index contributed by atoms with van der Waals surface area (Å²) < 4.78 is 16.0. The van der Waals surface area contributed by atoms with E-state index in [1.54, 1.807) is 27.7 Å². The maximum atomic E-state index is 12.4. The van der Waals surface area contributed by atoms with Crippen molar-refractivity contribution in [1.29, 1.82) is 0 Å². The molecule has 178 valence electrons. The Kier molecular flexibility index (Phi) is 9.72. The van der Waals surface area contributed by atoms with Crippen LogP contribution in [-0.4, -0.2) is 42.8 Å². The average Bonchev–Trinajstić information content (AvgIpc) is 2.76. The van der Waals surface area contributed by atoms with E-state index in [9.17, 15) is 14.4 Å². The second-order valence-corrected chi connectivity index (χ2v) is 8.35. The molecule has 0 aliphatic carbocycles. The van der Waals surface area contributed by atoms with Crippen LogP contribution < -0.4 is 15.4 Å². The minimum absolute atomic E-state index is 0.188. The van der Waals surface area contributed by atoms with Gasteiger partial charge in [0.1, 0.15) is 30.5 Å². The molecule has 8 nitrogen and oxygen atoms in total. The molecule has 0 bridgehead atoms. The molecule has 2 aromatic rings. The van der Waals surface area contributed by atoms with Crippen LogP contribution in [0, 0.1) is 0 Å². The fraction of sp³-hybridized carbons (Fsp3) is 0.400. The molecule has 0 saturated heterocycles. The van der Waals surface area contributed by atoms with E-state index in [2.05, 4.69) is 10.6 Å². The number of carbonyl (C=O) groups excluding carboxylic acids is 3. The third-order valence-electron chi connectivity index (χ3n) is 4.31. The van der Waals surface area contributed by atoms with Crippen LogP contribution >= 0.6 is 0 Å². The monoisotopic (exact) mass is 456 g/mol. The summed E-state index contributed by atoms with van der Waals surface area (Å²) in [5.41, 5.74) is 1.21. The van der Waals surface area contributed by atoms with E-state index >= 15 is 0 Å². The lowest BCUT2D eigenvalue weighted by Crippen LogP contribution is -2.47. The summed E-state index contributed by atoms with van der Waals surface area (Å²) in [5.74, 6) is -0.380. The molecule has 0 aromatic heterocycles. The average molecular weight is 457 g/mol. The van der Waals surface area contributed by atoms with Crippen LogP contribution in [0.1, 0.15) is 38.8 Å². The second kappa shape index (κ2) is 12.5. The molecule has 0 radical (unpaired) electrons. The molecule has 2 amide bonds. The van der Waals surface area contributed by atoms with Gasteiger partial charge >= 0.3 is 12.1 Å². The van der Waals surface area contributed by atoms with Gasteiger partial charge in [-0.1, -0.05) is 42.5 Å². The number of nitrogens with one attached hydrogen (secondary N) is 2. The van der Waals surface area contributed by atoms with Gasteiger partial charge in [-0.2, -0.15) is 0 Å². The minimum Gasteiger partial charge on any atom is -0.489 e. The van der Waals surface area contributed by atoms with E-state index in [4.69, 9.17) is 14.2 Å². The highest BCUT2D eigenvalue weighted by atomic mass is 16.6. The lowest BCUT2D eigenvalue weighted by molar-refractivity contribution is -0.147. The highest BCUT2D eigenvalue weighted by Gasteiger charge is 2.23. The third-order valence-corrected chi connectivity index (χ3v) is 4.31. The molecule has 0 unspecified atom stereocenters. The number of ether oxygens (including phenoxy) is 3. The molecule has 0 spiro atoms. The summed E-state index contributed by atoms with van der Waals surface area (Å²) in [6.45, 7) is 7.18. The molecule has 0 heterocycles. The van der Waals surface area contributed by atoms with Gasteiger partial charge in [-0.25, -0.2) is 9.59 Å². The van der Waals surface area contributed by atoms with Gasteiger partial charge in [0.15, 0.2) is 0 Å². The number of carbonyl (C=O) groups is 3. The first-order chi connectivity index (χ1) is 15.7. The van der Waals surface area contributed by atoms with Gasteiger partial charge in [-0.05, 0) is 51.0 Å². The van der Waals surface area contributed by atoms with Crippen LogP contribution in [0.25, 0.3) is 0 Å². The van der Waals surface area contributed by atoms with E-state index in [-0.39, 0.29) is 19.6 Å². The number of rotatable bonds is 10. The van der Waals surface area contributed by atoms with Crippen molar-refractivity contribution in [3.63, 3.8) is 0 Å². The van der Waals surface area contributed by atoms with Crippen LogP contribution in [0.2, 0.25) is 0 Å². The fourth-order valence-corrected chi connectivity index (χ4v) is 2.85. The Morgan fingerprint density at radius 1 is 0.939 bits per heavy atom. The van der Waals surface area contributed by atoms with Crippen molar-refractivity contribution in [3.05, 3.63) is 65.7 Å². The van der Waals surface area contributed by atoms with Crippen LogP contribution in [0.4, 0.5) is 4.79 Å². The number of amides is 2. The fourth-order valence-electron chi connectivity index (χ4n) is 2.85. The summed E-state index contributed by atoms with van der Waals surface area (Å²) in [5, 5.41) is 4.99. The lowest BCUT2D eigenvalue weighted by atomic mass is 10.1. The molecule has 8 heteroatoms.